The summed E-state index contributed by atoms with van der Waals surface area (Å²) in [5, 5.41) is 0.0945. The van der Waals surface area contributed by atoms with Crippen molar-refractivity contribution in [2.75, 3.05) is 19.8 Å². The zero-order valence-electron chi connectivity index (χ0n) is 9.93. The van der Waals surface area contributed by atoms with E-state index in [1.165, 1.54) is 22.9 Å². The van der Waals surface area contributed by atoms with Gasteiger partial charge in [0.2, 0.25) is 0 Å². The molecule has 0 saturated heterocycles. The van der Waals surface area contributed by atoms with Crippen molar-refractivity contribution < 1.29 is 4.79 Å². The van der Waals surface area contributed by atoms with Gasteiger partial charge >= 0.3 is 0 Å². The van der Waals surface area contributed by atoms with Crippen molar-refractivity contribution in [3.05, 3.63) is 42.0 Å². The molecule has 0 fully saturated rings. The minimum atomic E-state index is 0.0945. The van der Waals surface area contributed by atoms with Crippen LogP contribution in [0.15, 0.2) is 36.4 Å². The van der Waals surface area contributed by atoms with E-state index in [1.54, 1.807) is 19.0 Å². The second kappa shape index (κ2) is 6.38. The average molecular weight is 235 g/mol. The Labute approximate surface area is 101 Å². The molecule has 0 bridgehead atoms. The van der Waals surface area contributed by atoms with Gasteiger partial charge < -0.3 is 4.90 Å². The Morgan fingerprint density at radius 3 is 2.50 bits per heavy atom. The van der Waals surface area contributed by atoms with Gasteiger partial charge in [0, 0.05) is 19.8 Å². The fourth-order valence-corrected chi connectivity index (χ4v) is 1.92. The lowest BCUT2D eigenvalue weighted by molar-refractivity contribution is 0.241. The third-order valence-electron chi connectivity index (χ3n) is 2.19. The molecule has 0 saturated carbocycles. The quantitative estimate of drug-likeness (QED) is 0.799. The van der Waals surface area contributed by atoms with E-state index in [1.807, 2.05) is 18.2 Å². The van der Waals surface area contributed by atoms with Crippen LogP contribution in [0.25, 0.3) is 5.57 Å². The number of rotatable bonds is 3. The molecule has 1 rings (SSSR count). The summed E-state index contributed by atoms with van der Waals surface area (Å²) in [7, 11) is 3.53. The molecule has 0 aromatic heterocycles. The molecule has 0 aliphatic heterocycles. The highest BCUT2D eigenvalue weighted by Crippen LogP contribution is 2.15. The number of hydrogen-bond acceptors (Lipinski definition) is 2. The van der Waals surface area contributed by atoms with E-state index in [0.717, 1.165) is 5.75 Å². The second-order valence-electron chi connectivity index (χ2n) is 3.72. The van der Waals surface area contributed by atoms with Crippen LogP contribution in [0.1, 0.15) is 12.5 Å². The van der Waals surface area contributed by atoms with Crippen LogP contribution in [0.4, 0.5) is 4.79 Å². The second-order valence-corrected chi connectivity index (χ2v) is 4.70. The first-order valence-corrected chi connectivity index (χ1v) is 6.16. The highest BCUT2D eigenvalue weighted by Gasteiger charge is 2.02. The minimum Gasteiger partial charge on any atom is -0.340 e. The topological polar surface area (TPSA) is 20.3 Å². The van der Waals surface area contributed by atoms with Crippen molar-refractivity contribution in [3.8, 4) is 0 Å². The molecule has 0 unspecified atom stereocenters. The molecule has 1 amide bonds. The number of allylic oxidation sites excluding steroid dienone is 1. The van der Waals surface area contributed by atoms with Crippen molar-refractivity contribution in [1.29, 1.82) is 0 Å². The zero-order chi connectivity index (χ0) is 12.0. The largest absolute Gasteiger partial charge is 0.340 e. The fourth-order valence-electron chi connectivity index (χ4n) is 1.19. The van der Waals surface area contributed by atoms with Gasteiger partial charge in [-0.2, -0.15) is 0 Å². The Kier molecular flexibility index (Phi) is 5.12. The molecule has 16 heavy (non-hydrogen) atoms. The maximum atomic E-state index is 11.3. The van der Waals surface area contributed by atoms with Crippen molar-refractivity contribution in [2.24, 2.45) is 0 Å². The van der Waals surface area contributed by atoms with E-state index in [4.69, 9.17) is 0 Å². The smallest absolute Gasteiger partial charge is 0.281 e. The summed E-state index contributed by atoms with van der Waals surface area (Å²) in [6.45, 7) is 2.07. The van der Waals surface area contributed by atoms with Crippen LogP contribution in [0.5, 0.6) is 0 Å². The molecule has 0 aliphatic rings. The van der Waals surface area contributed by atoms with Crippen LogP contribution in [0, 0.1) is 0 Å². The van der Waals surface area contributed by atoms with Crippen molar-refractivity contribution in [2.45, 2.75) is 6.92 Å². The van der Waals surface area contributed by atoms with Crippen LogP contribution in [-0.2, 0) is 0 Å². The Bertz CT molecular complexity index is 371. The van der Waals surface area contributed by atoms with Gasteiger partial charge in [0.25, 0.3) is 5.24 Å². The Morgan fingerprint density at radius 2 is 1.94 bits per heavy atom. The lowest BCUT2D eigenvalue weighted by atomic mass is 10.1. The average Bonchev–Trinajstić information content (AvgIpc) is 2.29. The summed E-state index contributed by atoms with van der Waals surface area (Å²) in [4.78, 5) is 12.9. The van der Waals surface area contributed by atoms with Crippen molar-refractivity contribution >= 4 is 22.6 Å². The maximum Gasteiger partial charge on any atom is 0.281 e. The van der Waals surface area contributed by atoms with Gasteiger partial charge in [-0.1, -0.05) is 48.2 Å². The molecule has 0 heterocycles. The molecule has 0 spiro atoms. The maximum absolute atomic E-state index is 11.3. The number of carbonyl (C=O) groups excluding carboxylic acids is 1. The monoisotopic (exact) mass is 235 g/mol. The summed E-state index contributed by atoms with van der Waals surface area (Å²) >= 11 is 1.32. The Balaban J connectivity index is 2.50. The normalized spacial score (nSPS) is 11.3. The molecular formula is C13H17NOS. The van der Waals surface area contributed by atoms with E-state index in [9.17, 15) is 4.79 Å². The van der Waals surface area contributed by atoms with Gasteiger partial charge in [0.15, 0.2) is 0 Å². The van der Waals surface area contributed by atoms with E-state index in [0.29, 0.717) is 0 Å². The number of carbonyl (C=O) groups is 1. The van der Waals surface area contributed by atoms with Gasteiger partial charge in [-0.25, -0.2) is 0 Å². The first kappa shape index (κ1) is 12.8. The molecule has 0 N–H and O–H groups in total. The summed E-state index contributed by atoms with van der Waals surface area (Å²) in [5.41, 5.74) is 2.42. The minimum absolute atomic E-state index is 0.0945. The number of thioether (sulfide) groups is 1. The number of nitrogens with zero attached hydrogens (tertiary/aromatic N) is 1. The Hall–Kier alpha value is -1.22. The third kappa shape index (κ3) is 4.11. The van der Waals surface area contributed by atoms with E-state index < -0.39 is 0 Å². The lowest BCUT2D eigenvalue weighted by Crippen LogP contribution is -2.16. The molecular weight excluding hydrogens is 218 g/mol. The molecule has 86 valence electrons. The summed E-state index contributed by atoms with van der Waals surface area (Å²) < 4.78 is 0. The standard InChI is InChI=1S/C13H17NOS/c1-11(12-7-5-4-6-8-12)9-10-16-13(15)14(2)3/h4-9H,10H2,1-3H3/b11-9+. The zero-order valence-corrected chi connectivity index (χ0v) is 10.8. The van der Waals surface area contributed by atoms with Crippen LogP contribution >= 0.6 is 11.8 Å². The molecule has 0 radical (unpaired) electrons. The van der Waals surface area contributed by atoms with Crippen molar-refractivity contribution in [3.63, 3.8) is 0 Å². The summed E-state index contributed by atoms with van der Waals surface area (Å²) in [5.74, 6) is 0.720. The SMILES string of the molecule is C/C(=C\CSC(=O)N(C)C)c1ccccc1. The van der Waals surface area contributed by atoms with Gasteiger partial charge in [0.1, 0.15) is 0 Å². The Morgan fingerprint density at radius 1 is 1.31 bits per heavy atom. The molecule has 1 aromatic carbocycles. The number of amides is 1. The number of benzene rings is 1. The number of hydrogen-bond donors (Lipinski definition) is 0. The lowest BCUT2D eigenvalue weighted by Gasteiger charge is -2.08. The van der Waals surface area contributed by atoms with E-state index >= 15 is 0 Å². The third-order valence-corrected chi connectivity index (χ3v) is 3.14. The highest BCUT2D eigenvalue weighted by atomic mass is 32.2. The van der Waals surface area contributed by atoms with Crippen LogP contribution in [-0.4, -0.2) is 30.0 Å². The molecule has 1 aromatic rings. The van der Waals surface area contributed by atoms with E-state index in [-0.39, 0.29) is 5.24 Å². The predicted octanol–water partition coefficient (Wildman–Crippen LogP) is 3.50. The van der Waals surface area contributed by atoms with Crippen LogP contribution in [0.2, 0.25) is 0 Å². The first-order valence-electron chi connectivity index (χ1n) is 5.17. The van der Waals surface area contributed by atoms with Crippen molar-refractivity contribution in [1.82, 2.24) is 4.90 Å². The molecule has 0 atom stereocenters. The molecule has 0 aliphatic carbocycles. The highest BCUT2D eigenvalue weighted by molar-refractivity contribution is 8.13. The van der Waals surface area contributed by atoms with Crippen LogP contribution < -0.4 is 0 Å². The van der Waals surface area contributed by atoms with Gasteiger partial charge in [-0.3, -0.25) is 4.79 Å². The van der Waals surface area contributed by atoms with Gasteiger partial charge in [-0.15, -0.1) is 0 Å². The van der Waals surface area contributed by atoms with Crippen LogP contribution in [0.3, 0.4) is 0 Å². The van der Waals surface area contributed by atoms with Gasteiger partial charge in [0.05, 0.1) is 0 Å². The summed E-state index contributed by atoms with van der Waals surface area (Å²) in [6, 6.07) is 10.2. The fraction of sp³-hybridized carbons (Fsp3) is 0.308. The summed E-state index contributed by atoms with van der Waals surface area (Å²) in [6.07, 6.45) is 2.08. The molecule has 3 heteroatoms. The van der Waals surface area contributed by atoms with E-state index in [2.05, 4.69) is 25.1 Å². The first-order chi connectivity index (χ1) is 7.61. The predicted molar refractivity (Wildman–Crippen MR) is 71.6 cm³/mol. The van der Waals surface area contributed by atoms with Gasteiger partial charge in [-0.05, 0) is 18.1 Å². The molecule has 2 nitrogen and oxygen atoms in total.